The number of nitrogens with two attached hydrogens (primary N) is 1. The Labute approximate surface area is 67.1 Å². The molecule has 0 spiro atoms. The van der Waals surface area contributed by atoms with Gasteiger partial charge in [-0.3, -0.25) is 5.10 Å². The molecule has 1 aromatic heterocycles. The molecule has 1 aliphatic rings. The molecular weight excluding hydrogens is 194 g/mol. The molecule has 1 aliphatic carbocycles. The molecule has 0 aromatic carbocycles. The lowest BCUT2D eigenvalue weighted by molar-refractivity contribution is 0.916. The van der Waals surface area contributed by atoms with Gasteiger partial charge >= 0.3 is 0 Å². The van der Waals surface area contributed by atoms with E-state index in [1.54, 1.807) is 6.20 Å². The van der Waals surface area contributed by atoms with Crippen LogP contribution >= 0.6 is 15.9 Å². The molecule has 54 valence electrons. The highest BCUT2D eigenvalue weighted by molar-refractivity contribution is 9.10. The van der Waals surface area contributed by atoms with Crippen LogP contribution in [0.5, 0.6) is 0 Å². The molecule has 3 nitrogen and oxygen atoms in total. The number of nitrogens with zero attached hydrogens (tertiary/aromatic N) is 1. The molecule has 4 heteroatoms. The van der Waals surface area contributed by atoms with Crippen LogP contribution in [0.4, 0.5) is 0 Å². The maximum atomic E-state index is 5.66. The van der Waals surface area contributed by atoms with Crippen molar-refractivity contribution < 1.29 is 0 Å². The van der Waals surface area contributed by atoms with Gasteiger partial charge in [-0.2, -0.15) is 5.10 Å². The summed E-state index contributed by atoms with van der Waals surface area (Å²) >= 11 is 3.39. The Morgan fingerprint density at radius 1 is 1.80 bits per heavy atom. The standard InChI is InChI=1S/C6H8BrN3/c7-4-2-9-10-6(4)3-1-5(3)8/h2-3,5H,1,8H2,(H,9,10)/t3-,5-/m1/s1. The monoisotopic (exact) mass is 201 g/mol. The van der Waals surface area contributed by atoms with Crippen molar-refractivity contribution in [2.75, 3.05) is 0 Å². The lowest BCUT2D eigenvalue weighted by Crippen LogP contribution is -2.01. The lowest BCUT2D eigenvalue weighted by Gasteiger charge is -1.90. The van der Waals surface area contributed by atoms with Crippen molar-refractivity contribution in [3.8, 4) is 0 Å². The summed E-state index contributed by atoms with van der Waals surface area (Å²) in [5, 5.41) is 6.81. The lowest BCUT2D eigenvalue weighted by atomic mass is 10.3. The molecule has 0 bridgehead atoms. The van der Waals surface area contributed by atoms with Gasteiger partial charge in [0, 0.05) is 12.0 Å². The van der Waals surface area contributed by atoms with Crippen molar-refractivity contribution in [2.24, 2.45) is 5.73 Å². The van der Waals surface area contributed by atoms with E-state index in [1.165, 1.54) is 0 Å². The number of nitrogens with one attached hydrogen (secondary N) is 1. The van der Waals surface area contributed by atoms with Crippen molar-refractivity contribution >= 4 is 15.9 Å². The number of halogens is 1. The van der Waals surface area contributed by atoms with E-state index in [-0.39, 0.29) is 0 Å². The molecule has 10 heavy (non-hydrogen) atoms. The van der Waals surface area contributed by atoms with Crippen LogP contribution in [0.25, 0.3) is 0 Å². The third-order valence-corrected chi connectivity index (χ3v) is 2.46. The number of hydrogen-bond acceptors (Lipinski definition) is 2. The van der Waals surface area contributed by atoms with Crippen LogP contribution in [0.1, 0.15) is 18.0 Å². The van der Waals surface area contributed by atoms with Gasteiger partial charge in [-0.15, -0.1) is 0 Å². The molecule has 1 heterocycles. The van der Waals surface area contributed by atoms with Gasteiger partial charge in [-0.1, -0.05) is 0 Å². The van der Waals surface area contributed by atoms with E-state index >= 15 is 0 Å². The Morgan fingerprint density at radius 3 is 2.90 bits per heavy atom. The Bertz CT molecular complexity index is 245. The summed E-state index contributed by atoms with van der Waals surface area (Å²) in [5.74, 6) is 0.511. The zero-order valence-electron chi connectivity index (χ0n) is 5.34. The summed E-state index contributed by atoms with van der Waals surface area (Å²) in [7, 11) is 0. The zero-order valence-corrected chi connectivity index (χ0v) is 6.93. The van der Waals surface area contributed by atoms with Crippen LogP contribution < -0.4 is 5.73 Å². The fourth-order valence-corrected chi connectivity index (χ4v) is 1.57. The Hall–Kier alpha value is -0.350. The highest BCUT2D eigenvalue weighted by Gasteiger charge is 2.37. The summed E-state index contributed by atoms with van der Waals surface area (Å²) in [4.78, 5) is 0. The summed E-state index contributed by atoms with van der Waals surface area (Å²) in [6.45, 7) is 0. The second kappa shape index (κ2) is 2.07. The van der Waals surface area contributed by atoms with Crippen molar-refractivity contribution in [1.82, 2.24) is 10.2 Å². The Kier molecular flexibility index (Phi) is 1.32. The maximum absolute atomic E-state index is 5.66. The van der Waals surface area contributed by atoms with Gasteiger partial charge in [-0.25, -0.2) is 0 Å². The predicted molar refractivity (Wildman–Crippen MR) is 41.6 cm³/mol. The second-order valence-electron chi connectivity index (χ2n) is 2.64. The van der Waals surface area contributed by atoms with Gasteiger partial charge < -0.3 is 5.73 Å². The van der Waals surface area contributed by atoms with Crippen LogP contribution in [-0.4, -0.2) is 16.2 Å². The third-order valence-electron chi connectivity index (χ3n) is 1.83. The van der Waals surface area contributed by atoms with Crippen molar-refractivity contribution in [1.29, 1.82) is 0 Å². The van der Waals surface area contributed by atoms with Gasteiger partial charge in [0.25, 0.3) is 0 Å². The van der Waals surface area contributed by atoms with Gasteiger partial charge in [0.05, 0.1) is 16.4 Å². The highest BCUT2D eigenvalue weighted by Crippen LogP contribution is 2.40. The van der Waals surface area contributed by atoms with E-state index in [0.717, 1.165) is 16.6 Å². The van der Waals surface area contributed by atoms with E-state index in [9.17, 15) is 0 Å². The predicted octanol–water partition coefficient (Wildman–Crippen LogP) is 0.987. The van der Waals surface area contributed by atoms with Crippen molar-refractivity contribution in [3.05, 3.63) is 16.4 Å². The molecular formula is C6H8BrN3. The molecule has 0 amide bonds. The number of hydrogen-bond donors (Lipinski definition) is 2. The maximum Gasteiger partial charge on any atom is 0.0632 e. The molecule has 1 aromatic rings. The van der Waals surface area contributed by atoms with E-state index in [4.69, 9.17) is 5.73 Å². The minimum absolute atomic E-state index is 0.344. The average molecular weight is 202 g/mol. The molecule has 2 atom stereocenters. The normalized spacial score (nSPS) is 30.6. The van der Waals surface area contributed by atoms with Crippen LogP contribution in [0.15, 0.2) is 10.7 Å². The van der Waals surface area contributed by atoms with Crippen LogP contribution in [0.2, 0.25) is 0 Å². The molecule has 1 fully saturated rings. The average Bonchev–Trinajstić information content (AvgIpc) is 2.42. The smallest absolute Gasteiger partial charge is 0.0632 e. The highest BCUT2D eigenvalue weighted by atomic mass is 79.9. The van der Waals surface area contributed by atoms with Crippen molar-refractivity contribution in [2.45, 2.75) is 18.4 Å². The van der Waals surface area contributed by atoms with E-state index < -0.39 is 0 Å². The number of H-pyrrole nitrogens is 1. The first kappa shape index (κ1) is 6.37. The molecule has 0 radical (unpaired) electrons. The topological polar surface area (TPSA) is 54.7 Å². The first-order valence-corrected chi connectivity index (χ1v) is 4.02. The van der Waals surface area contributed by atoms with Crippen LogP contribution in [-0.2, 0) is 0 Å². The molecule has 0 unspecified atom stereocenters. The largest absolute Gasteiger partial charge is 0.327 e. The van der Waals surface area contributed by atoms with Gasteiger partial charge in [0.2, 0.25) is 0 Å². The van der Waals surface area contributed by atoms with Gasteiger partial charge in [-0.05, 0) is 22.4 Å². The van der Waals surface area contributed by atoms with E-state index in [0.29, 0.717) is 12.0 Å². The second-order valence-corrected chi connectivity index (χ2v) is 3.49. The minimum Gasteiger partial charge on any atom is -0.327 e. The molecule has 3 N–H and O–H groups in total. The number of rotatable bonds is 1. The summed E-state index contributed by atoms with van der Waals surface area (Å²) in [6.07, 6.45) is 2.85. The van der Waals surface area contributed by atoms with E-state index in [2.05, 4.69) is 26.1 Å². The van der Waals surface area contributed by atoms with E-state index in [1.807, 2.05) is 0 Å². The first-order chi connectivity index (χ1) is 4.79. The number of aromatic nitrogens is 2. The summed E-state index contributed by atoms with van der Waals surface area (Å²) < 4.78 is 1.05. The minimum atomic E-state index is 0.344. The van der Waals surface area contributed by atoms with Crippen molar-refractivity contribution in [3.63, 3.8) is 0 Å². The molecule has 0 aliphatic heterocycles. The van der Waals surface area contributed by atoms with Gasteiger partial charge in [0.15, 0.2) is 0 Å². The fraction of sp³-hybridized carbons (Fsp3) is 0.500. The SMILES string of the molecule is N[C@@H]1C[C@H]1c1[nH]ncc1Br. The Balaban J connectivity index is 2.26. The summed E-state index contributed by atoms with van der Waals surface area (Å²) in [6, 6.07) is 0.344. The Morgan fingerprint density at radius 2 is 2.50 bits per heavy atom. The fourth-order valence-electron chi connectivity index (χ4n) is 1.09. The van der Waals surface area contributed by atoms with Crippen LogP contribution in [0.3, 0.4) is 0 Å². The van der Waals surface area contributed by atoms with Crippen LogP contribution in [0, 0.1) is 0 Å². The molecule has 1 saturated carbocycles. The van der Waals surface area contributed by atoms with Gasteiger partial charge in [0.1, 0.15) is 0 Å². The first-order valence-electron chi connectivity index (χ1n) is 3.23. The molecule has 2 rings (SSSR count). The molecule has 0 saturated heterocycles. The zero-order chi connectivity index (χ0) is 7.14. The number of aromatic amines is 1. The quantitative estimate of drug-likeness (QED) is 0.713. The summed E-state index contributed by atoms with van der Waals surface area (Å²) in [5.41, 5.74) is 6.80. The third kappa shape index (κ3) is 0.876.